The Kier molecular flexibility index (Phi) is 4.80. The number of aliphatic carboxylic acids is 1. The van der Waals surface area contributed by atoms with Gasteiger partial charge < -0.3 is 15.2 Å². The van der Waals surface area contributed by atoms with Crippen molar-refractivity contribution in [1.29, 1.82) is 0 Å². The van der Waals surface area contributed by atoms with Crippen LogP contribution in [0.2, 0.25) is 0 Å². The van der Waals surface area contributed by atoms with Crippen LogP contribution in [0.5, 0.6) is 5.75 Å². The number of halogens is 3. The number of anilines is 1. The second kappa shape index (κ2) is 6.12. The summed E-state index contributed by atoms with van der Waals surface area (Å²) in [6, 6.07) is 5.30. The van der Waals surface area contributed by atoms with Gasteiger partial charge in [0.25, 0.3) is 0 Å². The molecular formula is C12H12F3NO3. The lowest BCUT2D eigenvalue weighted by molar-refractivity contribution is -0.274. The summed E-state index contributed by atoms with van der Waals surface area (Å²) in [7, 11) is 0. The maximum absolute atomic E-state index is 12.0. The number of nitrogens with one attached hydrogen (secondary N) is 1. The fraction of sp³-hybridized carbons (Fsp3) is 0.250. The van der Waals surface area contributed by atoms with Crippen LogP contribution in [0.3, 0.4) is 0 Å². The van der Waals surface area contributed by atoms with Crippen LogP contribution in [-0.4, -0.2) is 24.0 Å². The Morgan fingerprint density at radius 2 is 2.16 bits per heavy atom. The predicted octanol–water partition coefficient (Wildman–Crippen LogP) is 3.03. The van der Waals surface area contributed by atoms with Crippen LogP contribution in [-0.2, 0) is 4.79 Å². The minimum absolute atomic E-state index is 0.148. The fourth-order valence-corrected chi connectivity index (χ4v) is 1.21. The third-order valence-electron chi connectivity index (χ3n) is 2.12. The van der Waals surface area contributed by atoms with Crippen LogP contribution in [0, 0.1) is 0 Å². The molecule has 0 spiro atoms. The molecule has 0 radical (unpaired) electrons. The second-order valence-electron chi connectivity index (χ2n) is 3.65. The number of carboxylic acid groups (broad SMARTS) is 1. The van der Waals surface area contributed by atoms with Crippen molar-refractivity contribution < 1.29 is 27.8 Å². The second-order valence-corrected chi connectivity index (χ2v) is 3.65. The van der Waals surface area contributed by atoms with E-state index in [1.807, 2.05) is 0 Å². The van der Waals surface area contributed by atoms with Crippen molar-refractivity contribution in [3.63, 3.8) is 0 Å². The van der Waals surface area contributed by atoms with Crippen molar-refractivity contribution in [3.05, 3.63) is 35.9 Å². The lowest BCUT2D eigenvalue weighted by Gasteiger charge is -2.10. The molecule has 0 aliphatic heterocycles. The minimum Gasteiger partial charge on any atom is -0.478 e. The molecule has 0 aromatic heterocycles. The quantitative estimate of drug-likeness (QED) is 0.811. The molecule has 0 bridgehead atoms. The molecule has 2 N–H and O–H groups in total. The number of hydrogen-bond donors (Lipinski definition) is 2. The summed E-state index contributed by atoms with van der Waals surface area (Å²) in [4.78, 5) is 10.5. The van der Waals surface area contributed by atoms with Crippen molar-refractivity contribution in [3.8, 4) is 5.75 Å². The Balaban J connectivity index is 2.63. The van der Waals surface area contributed by atoms with Crippen molar-refractivity contribution in [2.24, 2.45) is 0 Å². The monoisotopic (exact) mass is 275 g/mol. The molecule has 1 aromatic carbocycles. The summed E-state index contributed by atoms with van der Waals surface area (Å²) < 4.78 is 39.8. The average Bonchev–Trinajstić information content (AvgIpc) is 2.26. The van der Waals surface area contributed by atoms with Gasteiger partial charge in [-0.1, -0.05) is 12.1 Å². The molecule has 1 aromatic rings. The summed E-state index contributed by atoms with van der Waals surface area (Å²) in [6.45, 7) is 1.61. The van der Waals surface area contributed by atoms with Gasteiger partial charge in [-0.25, -0.2) is 4.79 Å². The zero-order valence-corrected chi connectivity index (χ0v) is 9.99. The first-order valence-electron chi connectivity index (χ1n) is 5.27. The van der Waals surface area contributed by atoms with E-state index < -0.39 is 12.3 Å². The normalized spacial score (nSPS) is 12.1. The highest BCUT2D eigenvalue weighted by molar-refractivity contribution is 5.85. The van der Waals surface area contributed by atoms with Gasteiger partial charge in [-0.3, -0.25) is 0 Å². The molecule has 0 atom stereocenters. The van der Waals surface area contributed by atoms with Gasteiger partial charge in [0.05, 0.1) is 0 Å². The molecule has 104 valence electrons. The predicted molar refractivity (Wildman–Crippen MR) is 63.0 cm³/mol. The van der Waals surface area contributed by atoms with Crippen LogP contribution >= 0.6 is 0 Å². The van der Waals surface area contributed by atoms with Gasteiger partial charge in [-0.2, -0.15) is 0 Å². The van der Waals surface area contributed by atoms with Gasteiger partial charge in [0, 0.05) is 23.9 Å². The molecule has 0 aliphatic carbocycles. The molecule has 0 amide bonds. The zero-order chi connectivity index (χ0) is 14.5. The van der Waals surface area contributed by atoms with Crippen LogP contribution in [0.15, 0.2) is 35.9 Å². The summed E-state index contributed by atoms with van der Waals surface area (Å²) >= 11 is 0. The van der Waals surface area contributed by atoms with Crippen molar-refractivity contribution in [2.75, 3.05) is 11.9 Å². The van der Waals surface area contributed by atoms with Gasteiger partial charge in [0.1, 0.15) is 5.75 Å². The Morgan fingerprint density at radius 3 is 2.74 bits per heavy atom. The topological polar surface area (TPSA) is 58.6 Å². The summed E-state index contributed by atoms with van der Waals surface area (Å²) in [6.07, 6.45) is -3.32. The standard InChI is InChI=1S/C12H12F3NO3/c1-8(11(17)18)5-6-16-9-3-2-4-10(7-9)19-12(13,14)15/h2-5,7,16H,6H2,1H3,(H,17,18)/b8-5-. The first kappa shape index (κ1) is 14.9. The molecule has 0 fully saturated rings. The number of alkyl halides is 3. The lowest BCUT2D eigenvalue weighted by atomic mass is 10.2. The third kappa shape index (κ3) is 5.80. The largest absolute Gasteiger partial charge is 0.573 e. The highest BCUT2D eigenvalue weighted by atomic mass is 19.4. The number of benzene rings is 1. The number of carboxylic acids is 1. The first-order valence-corrected chi connectivity index (χ1v) is 5.27. The summed E-state index contributed by atoms with van der Waals surface area (Å²) in [5.41, 5.74) is 0.548. The molecule has 19 heavy (non-hydrogen) atoms. The van der Waals surface area contributed by atoms with Gasteiger partial charge in [-0.15, -0.1) is 13.2 Å². The summed E-state index contributed by atoms with van der Waals surface area (Å²) in [5.74, 6) is -1.38. The molecule has 0 unspecified atom stereocenters. The smallest absolute Gasteiger partial charge is 0.478 e. The van der Waals surface area contributed by atoms with Gasteiger partial charge in [0.15, 0.2) is 0 Å². The third-order valence-corrected chi connectivity index (χ3v) is 2.12. The molecule has 4 nitrogen and oxygen atoms in total. The highest BCUT2D eigenvalue weighted by Crippen LogP contribution is 2.24. The Morgan fingerprint density at radius 1 is 1.47 bits per heavy atom. The average molecular weight is 275 g/mol. The molecule has 0 heterocycles. The van der Waals surface area contributed by atoms with Crippen LogP contribution in [0.4, 0.5) is 18.9 Å². The van der Waals surface area contributed by atoms with E-state index in [0.29, 0.717) is 5.69 Å². The van der Waals surface area contributed by atoms with E-state index >= 15 is 0 Å². The minimum atomic E-state index is -4.74. The van der Waals surface area contributed by atoms with Gasteiger partial charge >= 0.3 is 12.3 Å². The van der Waals surface area contributed by atoms with E-state index in [9.17, 15) is 18.0 Å². The molecule has 0 saturated heterocycles. The van der Waals surface area contributed by atoms with E-state index in [2.05, 4.69) is 10.1 Å². The first-order chi connectivity index (χ1) is 8.78. The van der Waals surface area contributed by atoms with E-state index in [4.69, 9.17) is 5.11 Å². The van der Waals surface area contributed by atoms with E-state index in [0.717, 1.165) is 0 Å². The molecular weight excluding hydrogens is 263 g/mol. The zero-order valence-electron chi connectivity index (χ0n) is 9.99. The molecule has 0 aliphatic rings. The van der Waals surface area contributed by atoms with Crippen molar-refractivity contribution in [2.45, 2.75) is 13.3 Å². The van der Waals surface area contributed by atoms with E-state index in [1.165, 1.54) is 31.2 Å². The lowest BCUT2D eigenvalue weighted by Crippen LogP contribution is -2.17. The van der Waals surface area contributed by atoms with Crippen molar-refractivity contribution >= 4 is 11.7 Å². The van der Waals surface area contributed by atoms with Gasteiger partial charge in [-0.05, 0) is 19.1 Å². The van der Waals surface area contributed by atoms with Crippen LogP contribution < -0.4 is 10.1 Å². The molecule has 0 saturated carbocycles. The Hall–Kier alpha value is -2.18. The Bertz CT molecular complexity index is 483. The number of hydrogen-bond acceptors (Lipinski definition) is 3. The summed E-state index contributed by atoms with van der Waals surface area (Å²) in [5, 5.41) is 11.4. The SMILES string of the molecule is C/C(=C/CNc1cccc(OC(F)(F)F)c1)C(=O)O. The van der Waals surface area contributed by atoms with E-state index in [1.54, 1.807) is 6.07 Å². The number of ether oxygens (including phenoxy) is 1. The molecule has 7 heteroatoms. The van der Waals surface area contributed by atoms with Crippen LogP contribution in [0.25, 0.3) is 0 Å². The maximum Gasteiger partial charge on any atom is 0.573 e. The molecule has 1 rings (SSSR count). The van der Waals surface area contributed by atoms with Crippen LogP contribution in [0.1, 0.15) is 6.92 Å². The van der Waals surface area contributed by atoms with Gasteiger partial charge in [0.2, 0.25) is 0 Å². The maximum atomic E-state index is 12.0. The number of carbonyl (C=O) groups is 1. The highest BCUT2D eigenvalue weighted by Gasteiger charge is 2.31. The van der Waals surface area contributed by atoms with E-state index in [-0.39, 0.29) is 17.9 Å². The number of rotatable bonds is 5. The fourth-order valence-electron chi connectivity index (χ4n) is 1.21. The van der Waals surface area contributed by atoms with Crippen molar-refractivity contribution in [1.82, 2.24) is 0 Å². The Labute approximate surface area is 107 Å².